The zero-order valence-corrected chi connectivity index (χ0v) is 14.7. The minimum Gasteiger partial charge on any atom is -0.365 e. The van der Waals surface area contributed by atoms with Crippen LogP contribution < -0.4 is 21.1 Å². The second-order valence-electron chi connectivity index (χ2n) is 5.41. The summed E-state index contributed by atoms with van der Waals surface area (Å²) >= 11 is 0. The Bertz CT molecular complexity index is 886. The SMILES string of the molecule is CS(=O)(=O)NCCNc1nonc1C(N)Nc1ccc(F)c(C(F)(F)F)c1. The molecule has 0 saturated heterocycles. The molecule has 1 atom stereocenters. The van der Waals surface area contributed by atoms with Crippen molar-refractivity contribution in [3.63, 3.8) is 0 Å². The van der Waals surface area contributed by atoms with Crippen molar-refractivity contribution in [2.45, 2.75) is 12.3 Å². The first kappa shape index (κ1) is 20.9. The van der Waals surface area contributed by atoms with Gasteiger partial charge in [0, 0.05) is 18.8 Å². The van der Waals surface area contributed by atoms with Gasteiger partial charge in [-0.1, -0.05) is 0 Å². The summed E-state index contributed by atoms with van der Waals surface area (Å²) < 4.78 is 80.3. The first-order chi connectivity index (χ1) is 12.5. The Balaban J connectivity index is 2.05. The zero-order chi connectivity index (χ0) is 20.2. The summed E-state index contributed by atoms with van der Waals surface area (Å²) in [7, 11) is -3.36. The third kappa shape index (κ3) is 6.04. The van der Waals surface area contributed by atoms with E-state index in [1.54, 1.807) is 0 Å². The number of anilines is 2. The number of hydrogen-bond acceptors (Lipinski definition) is 8. The topological polar surface area (TPSA) is 135 Å². The van der Waals surface area contributed by atoms with Crippen LogP contribution in [0.4, 0.5) is 29.1 Å². The number of nitrogens with zero attached hydrogens (tertiary/aromatic N) is 2. The molecule has 0 aliphatic rings. The fourth-order valence-corrected chi connectivity index (χ4v) is 2.49. The van der Waals surface area contributed by atoms with Crippen LogP contribution in [-0.4, -0.2) is 38.1 Å². The first-order valence-electron chi connectivity index (χ1n) is 7.37. The molecule has 9 nitrogen and oxygen atoms in total. The average Bonchev–Trinajstić information content (AvgIpc) is 3.00. The summed E-state index contributed by atoms with van der Waals surface area (Å²) in [5, 5.41) is 12.4. The average molecular weight is 412 g/mol. The molecule has 0 radical (unpaired) electrons. The Morgan fingerprint density at radius 2 is 1.96 bits per heavy atom. The number of sulfonamides is 1. The van der Waals surface area contributed by atoms with Crippen LogP contribution in [0, 0.1) is 5.82 Å². The van der Waals surface area contributed by atoms with Gasteiger partial charge in [0.2, 0.25) is 10.0 Å². The van der Waals surface area contributed by atoms with E-state index in [9.17, 15) is 26.0 Å². The van der Waals surface area contributed by atoms with Gasteiger partial charge in [-0.15, -0.1) is 0 Å². The predicted octanol–water partition coefficient (Wildman–Crippen LogP) is 1.26. The van der Waals surface area contributed by atoms with Crippen molar-refractivity contribution < 1.29 is 30.6 Å². The number of benzene rings is 1. The van der Waals surface area contributed by atoms with E-state index in [0.29, 0.717) is 12.1 Å². The molecule has 0 amide bonds. The maximum Gasteiger partial charge on any atom is 0.419 e. The monoisotopic (exact) mass is 412 g/mol. The summed E-state index contributed by atoms with van der Waals surface area (Å²) in [6.07, 6.45) is -5.00. The van der Waals surface area contributed by atoms with E-state index in [1.165, 1.54) is 0 Å². The quantitative estimate of drug-likeness (QED) is 0.289. The van der Waals surface area contributed by atoms with Crippen LogP contribution in [0.25, 0.3) is 0 Å². The van der Waals surface area contributed by atoms with Crippen molar-refractivity contribution in [3.05, 3.63) is 35.3 Å². The summed E-state index contributed by atoms with van der Waals surface area (Å²) in [4.78, 5) is 0. The molecule has 0 aliphatic carbocycles. The molecule has 2 rings (SSSR count). The molecule has 0 spiro atoms. The van der Waals surface area contributed by atoms with Gasteiger partial charge in [0.05, 0.1) is 11.8 Å². The van der Waals surface area contributed by atoms with Gasteiger partial charge in [0.1, 0.15) is 12.0 Å². The van der Waals surface area contributed by atoms with Crippen LogP contribution >= 0.6 is 0 Å². The lowest BCUT2D eigenvalue weighted by Crippen LogP contribution is -2.28. The van der Waals surface area contributed by atoms with Crippen LogP contribution in [0.15, 0.2) is 22.8 Å². The molecule has 0 saturated carbocycles. The van der Waals surface area contributed by atoms with Crippen LogP contribution in [-0.2, 0) is 16.2 Å². The smallest absolute Gasteiger partial charge is 0.365 e. The molecule has 2 aromatic rings. The molecule has 0 aliphatic heterocycles. The number of alkyl halides is 3. The highest BCUT2D eigenvalue weighted by atomic mass is 32.2. The van der Waals surface area contributed by atoms with E-state index in [-0.39, 0.29) is 30.3 Å². The Morgan fingerprint density at radius 3 is 2.59 bits per heavy atom. The largest absolute Gasteiger partial charge is 0.419 e. The molecule has 14 heteroatoms. The fourth-order valence-electron chi connectivity index (χ4n) is 2.02. The number of nitrogens with one attached hydrogen (secondary N) is 3. The molecule has 1 heterocycles. The molecule has 150 valence electrons. The summed E-state index contributed by atoms with van der Waals surface area (Å²) in [5.41, 5.74) is 4.34. The van der Waals surface area contributed by atoms with Gasteiger partial charge in [-0.2, -0.15) is 13.2 Å². The van der Waals surface area contributed by atoms with E-state index in [2.05, 4.69) is 30.3 Å². The number of hydrogen-bond donors (Lipinski definition) is 4. The predicted molar refractivity (Wildman–Crippen MR) is 87.6 cm³/mol. The van der Waals surface area contributed by atoms with Gasteiger partial charge in [-0.3, -0.25) is 0 Å². The molecule has 1 aromatic heterocycles. The van der Waals surface area contributed by atoms with E-state index in [1.807, 2.05) is 0 Å². The van der Waals surface area contributed by atoms with Crippen LogP contribution in [0.3, 0.4) is 0 Å². The van der Waals surface area contributed by atoms with E-state index >= 15 is 0 Å². The minimum absolute atomic E-state index is 0.0345. The zero-order valence-electron chi connectivity index (χ0n) is 13.8. The lowest BCUT2D eigenvalue weighted by atomic mass is 10.1. The van der Waals surface area contributed by atoms with Crippen molar-refractivity contribution in [1.82, 2.24) is 15.0 Å². The van der Waals surface area contributed by atoms with Crippen molar-refractivity contribution in [2.24, 2.45) is 5.73 Å². The maximum atomic E-state index is 13.3. The standard InChI is InChI=1S/C13H16F4N6O3S/c1-27(24,25)20-5-4-19-12-10(22-26-23-12)11(18)21-7-2-3-9(14)8(6-7)13(15,16)17/h2-3,6,11,20-21H,4-5,18H2,1H3,(H,19,23). The fraction of sp³-hybridized carbons (Fsp3) is 0.385. The van der Waals surface area contributed by atoms with Gasteiger partial charge < -0.3 is 16.4 Å². The second-order valence-corrected chi connectivity index (χ2v) is 7.24. The lowest BCUT2D eigenvalue weighted by Gasteiger charge is -2.16. The van der Waals surface area contributed by atoms with Gasteiger partial charge in [0.15, 0.2) is 11.5 Å². The second kappa shape index (κ2) is 8.06. The van der Waals surface area contributed by atoms with Gasteiger partial charge in [-0.25, -0.2) is 22.2 Å². The molecule has 1 unspecified atom stereocenters. The third-order valence-electron chi connectivity index (χ3n) is 3.18. The van der Waals surface area contributed by atoms with Crippen molar-refractivity contribution in [2.75, 3.05) is 30.0 Å². The van der Waals surface area contributed by atoms with Gasteiger partial charge >= 0.3 is 6.18 Å². The number of nitrogens with two attached hydrogens (primary N) is 1. The summed E-state index contributed by atoms with van der Waals surface area (Å²) in [6, 6.07) is 2.32. The van der Waals surface area contributed by atoms with E-state index < -0.39 is 33.7 Å². The first-order valence-corrected chi connectivity index (χ1v) is 9.26. The van der Waals surface area contributed by atoms with E-state index in [4.69, 9.17) is 5.73 Å². The molecule has 27 heavy (non-hydrogen) atoms. The minimum atomic E-state index is -4.86. The molecular weight excluding hydrogens is 396 g/mol. The van der Waals surface area contributed by atoms with Gasteiger partial charge in [0.25, 0.3) is 0 Å². The Kier molecular flexibility index (Phi) is 6.22. The van der Waals surface area contributed by atoms with Crippen LogP contribution in [0.5, 0.6) is 0 Å². The summed E-state index contributed by atoms with van der Waals surface area (Å²) in [6.45, 7) is 0.163. The highest BCUT2D eigenvalue weighted by Crippen LogP contribution is 2.33. The molecular formula is C13H16F4N6O3S. The lowest BCUT2D eigenvalue weighted by molar-refractivity contribution is -0.139. The van der Waals surface area contributed by atoms with Crippen molar-refractivity contribution in [3.8, 4) is 0 Å². The Labute approximate surface area is 151 Å². The van der Waals surface area contributed by atoms with Crippen LogP contribution in [0.1, 0.15) is 17.4 Å². The normalized spacial score (nSPS) is 13.4. The number of halogens is 4. The summed E-state index contributed by atoms with van der Waals surface area (Å²) in [5.74, 6) is -1.34. The molecule has 0 bridgehead atoms. The molecule has 0 fully saturated rings. The van der Waals surface area contributed by atoms with Crippen molar-refractivity contribution >= 4 is 21.5 Å². The highest BCUT2D eigenvalue weighted by Gasteiger charge is 2.34. The maximum absolute atomic E-state index is 13.3. The van der Waals surface area contributed by atoms with E-state index in [0.717, 1.165) is 12.3 Å². The highest BCUT2D eigenvalue weighted by molar-refractivity contribution is 7.88. The third-order valence-corrected chi connectivity index (χ3v) is 3.91. The Morgan fingerprint density at radius 1 is 1.26 bits per heavy atom. The molecule has 1 aromatic carbocycles. The van der Waals surface area contributed by atoms with Crippen molar-refractivity contribution in [1.29, 1.82) is 0 Å². The Hall–Kier alpha value is -2.45. The molecule has 5 N–H and O–H groups in total. The van der Waals surface area contributed by atoms with Gasteiger partial charge in [-0.05, 0) is 28.5 Å². The number of rotatable bonds is 8. The van der Waals surface area contributed by atoms with Crippen LogP contribution in [0.2, 0.25) is 0 Å². The number of aromatic nitrogens is 2.